The van der Waals surface area contributed by atoms with E-state index in [1.54, 1.807) is 0 Å². The molecule has 0 bridgehead atoms. The molecule has 1 unspecified atom stereocenters. The van der Waals surface area contributed by atoms with Crippen molar-refractivity contribution >= 4 is 0 Å². The van der Waals surface area contributed by atoms with Gasteiger partial charge in [-0.25, -0.2) is 0 Å². The van der Waals surface area contributed by atoms with Crippen molar-refractivity contribution in [3.8, 4) is 0 Å². The van der Waals surface area contributed by atoms with E-state index in [0.29, 0.717) is 12.8 Å². The van der Waals surface area contributed by atoms with Gasteiger partial charge in [0.15, 0.2) is 0 Å². The molecule has 0 heterocycles. The zero-order valence-electron chi connectivity index (χ0n) is 7.43. The lowest BCUT2D eigenvalue weighted by molar-refractivity contribution is -0.154. The van der Waals surface area contributed by atoms with Gasteiger partial charge in [0.05, 0.1) is 6.10 Å². The van der Waals surface area contributed by atoms with Gasteiger partial charge in [-0.15, -0.1) is 0 Å². The summed E-state index contributed by atoms with van der Waals surface area (Å²) in [5.41, 5.74) is 0. The first-order valence-corrected chi connectivity index (χ1v) is 4.42. The highest BCUT2D eigenvalue weighted by molar-refractivity contribution is 4.86. The Balaban J connectivity index is 2.40. The Hall–Kier alpha value is -0.290. The summed E-state index contributed by atoms with van der Waals surface area (Å²) in [6, 6.07) is -1.93. The van der Waals surface area contributed by atoms with Crippen LogP contribution in [0.15, 0.2) is 0 Å². The molecular weight excluding hydrogens is 183 g/mol. The molecule has 5 heteroatoms. The van der Waals surface area contributed by atoms with E-state index in [9.17, 15) is 18.3 Å². The fourth-order valence-electron chi connectivity index (χ4n) is 1.55. The Bertz CT molecular complexity index is 171. The van der Waals surface area contributed by atoms with Crippen LogP contribution in [0.2, 0.25) is 0 Å². The van der Waals surface area contributed by atoms with Gasteiger partial charge in [0.2, 0.25) is 0 Å². The first kappa shape index (κ1) is 10.8. The molecule has 0 saturated heterocycles. The Morgan fingerprint density at radius 2 is 2.00 bits per heavy atom. The largest absolute Gasteiger partial charge is 0.403 e. The van der Waals surface area contributed by atoms with Crippen LogP contribution in [0.25, 0.3) is 0 Å². The van der Waals surface area contributed by atoms with Gasteiger partial charge >= 0.3 is 6.18 Å². The molecule has 78 valence electrons. The van der Waals surface area contributed by atoms with Gasteiger partial charge in [0.25, 0.3) is 0 Å². The smallest absolute Gasteiger partial charge is 0.392 e. The third-order valence-corrected chi connectivity index (χ3v) is 2.43. The maximum absolute atomic E-state index is 12.1. The molecule has 1 saturated carbocycles. The van der Waals surface area contributed by atoms with Crippen molar-refractivity contribution < 1.29 is 18.3 Å². The lowest BCUT2D eigenvalue weighted by atomic mass is 10.2. The number of nitrogens with one attached hydrogen (secondary N) is 1. The summed E-state index contributed by atoms with van der Waals surface area (Å²) in [5.74, 6) is 0. The number of hydrogen-bond acceptors (Lipinski definition) is 2. The van der Waals surface area contributed by atoms with Crippen molar-refractivity contribution in [1.29, 1.82) is 0 Å². The summed E-state index contributed by atoms with van der Waals surface area (Å²) in [5, 5.41) is 11.7. The van der Waals surface area contributed by atoms with Crippen LogP contribution >= 0.6 is 0 Å². The molecule has 1 aliphatic rings. The number of rotatable bonds is 2. The summed E-state index contributed by atoms with van der Waals surface area (Å²) in [6.45, 7) is 1.07. The van der Waals surface area contributed by atoms with E-state index >= 15 is 0 Å². The summed E-state index contributed by atoms with van der Waals surface area (Å²) < 4.78 is 36.3. The Morgan fingerprint density at radius 1 is 1.38 bits per heavy atom. The van der Waals surface area contributed by atoms with Crippen molar-refractivity contribution in [1.82, 2.24) is 5.32 Å². The van der Waals surface area contributed by atoms with Gasteiger partial charge in [0.1, 0.15) is 6.04 Å². The fraction of sp³-hybridized carbons (Fsp3) is 1.00. The van der Waals surface area contributed by atoms with Gasteiger partial charge in [0, 0.05) is 6.04 Å². The predicted molar refractivity (Wildman–Crippen MR) is 42.3 cm³/mol. The minimum atomic E-state index is -4.22. The number of aliphatic hydroxyl groups excluding tert-OH is 1. The van der Waals surface area contributed by atoms with Crippen LogP contribution in [0.1, 0.15) is 26.2 Å². The quantitative estimate of drug-likeness (QED) is 0.702. The molecule has 3 atom stereocenters. The van der Waals surface area contributed by atoms with Crippen LogP contribution in [-0.2, 0) is 0 Å². The van der Waals surface area contributed by atoms with Crippen molar-refractivity contribution in [2.24, 2.45) is 0 Å². The number of halogens is 3. The van der Waals surface area contributed by atoms with Crippen LogP contribution in [0, 0.1) is 0 Å². The van der Waals surface area contributed by atoms with Gasteiger partial charge < -0.3 is 10.4 Å². The number of alkyl halides is 3. The average Bonchev–Trinajstić information content (AvgIpc) is 2.34. The summed E-state index contributed by atoms with van der Waals surface area (Å²) in [7, 11) is 0. The van der Waals surface area contributed by atoms with Crippen LogP contribution in [0.4, 0.5) is 13.2 Å². The molecular formula is C8H14F3NO. The first-order valence-electron chi connectivity index (χ1n) is 4.42. The second-order valence-electron chi connectivity index (χ2n) is 3.53. The van der Waals surface area contributed by atoms with Crippen LogP contribution in [0.3, 0.4) is 0 Å². The molecule has 2 N–H and O–H groups in total. The highest BCUT2D eigenvalue weighted by atomic mass is 19.4. The van der Waals surface area contributed by atoms with Gasteiger partial charge in [-0.2, -0.15) is 13.2 Å². The fourth-order valence-corrected chi connectivity index (χ4v) is 1.55. The Labute approximate surface area is 75.1 Å². The monoisotopic (exact) mass is 197 g/mol. The second-order valence-corrected chi connectivity index (χ2v) is 3.53. The molecule has 0 spiro atoms. The van der Waals surface area contributed by atoms with Gasteiger partial charge in [-0.1, -0.05) is 0 Å². The minimum Gasteiger partial charge on any atom is -0.392 e. The Kier molecular flexibility index (Phi) is 3.18. The van der Waals surface area contributed by atoms with Crippen molar-refractivity contribution in [3.63, 3.8) is 0 Å². The average molecular weight is 197 g/mol. The molecule has 1 aliphatic carbocycles. The molecule has 0 amide bonds. The van der Waals surface area contributed by atoms with E-state index in [-0.39, 0.29) is 0 Å². The van der Waals surface area contributed by atoms with E-state index in [4.69, 9.17) is 0 Å². The first-order chi connectivity index (χ1) is 5.91. The number of aliphatic hydroxyl groups is 1. The topological polar surface area (TPSA) is 32.3 Å². The normalized spacial score (nSPS) is 32.1. The van der Waals surface area contributed by atoms with Crippen LogP contribution < -0.4 is 5.32 Å². The maximum atomic E-state index is 12.1. The third-order valence-electron chi connectivity index (χ3n) is 2.43. The zero-order chi connectivity index (χ0) is 10.1. The van der Waals surface area contributed by atoms with Crippen molar-refractivity contribution in [3.05, 3.63) is 0 Å². The van der Waals surface area contributed by atoms with E-state index in [1.807, 2.05) is 0 Å². The second kappa shape index (κ2) is 3.84. The SMILES string of the molecule is CC(N[C@@H]1CCC[C@H]1O)C(F)(F)F. The van der Waals surface area contributed by atoms with E-state index in [1.165, 1.54) is 0 Å². The Morgan fingerprint density at radius 3 is 2.38 bits per heavy atom. The molecule has 0 aromatic heterocycles. The molecule has 2 nitrogen and oxygen atoms in total. The molecule has 0 radical (unpaired) electrons. The van der Waals surface area contributed by atoms with Crippen LogP contribution in [0.5, 0.6) is 0 Å². The molecule has 0 aromatic carbocycles. The van der Waals surface area contributed by atoms with Gasteiger partial charge in [-0.05, 0) is 26.2 Å². The van der Waals surface area contributed by atoms with Crippen molar-refractivity contribution in [2.45, 2.75) is 50.6 Å². The number of hydrogen-bond donors (Lipinski definition) is 2. The van der Waals surface area contributed by atoms with E-state index in [0.717, 1.165) is 13.3 Å². The van der Waals surface area contributed by atoms with Crippen molar-refractivity contribution in [2.75, 3.05) is 0 Å². The lowest BCUT2D eigenvalue weighted by Gasteiger charge is -2.23. The molecule has 1 rings (SSSR count). The maximum Gasteiger partial charge on any atom is 0.403 e. The van der Waals surface area contributed by atoms with E-state index in [2.05, 4.69) is 5.32 Å². The molecule has 1 fully saturated rings. The predicted octanol–water partition coefficient (Wildman–Crippen LogP) is 1.44. The summed E-state index contributed by atoms with van der Waals surface area (Å²) in [6.07, 6.45) is -2.82. The highest BCUT2D eigenvalue weighted by Crippen LogP contribution is 2.24. The molecule has 13 heavy (non-hydrogen) atoms. The lowest BCUT2D eigenvalue weighted by Crippen LogP contribution is -2.48. The standard InChI is InChI=1S/C8H14F3NO/c1-5(8(9,10)11)12-6-3-2-4-7(6)13/h5-7,12-13H,2-4H2,1H3/t5?,6-,7-/m1/s1. The summed E-state index contributed by atoms with van der Waals surface area (Å²) >= 11 is 0. The van der Waals surface area contributed by atoms with Gasteiger partial charge in [-0.3, -0.25) is 0 Å². The highest BCUT2D eigenvalue weighted by Gasteiger charge is 2.39. The van der Waals surface area contributed by atoms with E-state index < -0.39 is 24.4 Å². The zero-order valence-corrected chi connectivity index (χ0v) is 7.43. The summed E-state index contributed by atoms with van der Waals surface area (Å²) in [4.78, 5) is 0. The minimum absolute atomic E-state index is 0.392. The third kappa shape index (κ3) is 2.84. The molecule has 0 aliphatic heterocycles. The van der Waals surface area contributed by atoms with Crippen LogP contribution in [-0.4, -0.2) is 29.5 Å². The molecule has 0 aromatic rings.